The third kappa shape index (κ3) is 7.34. The number of azide groups is 1. The predicted molar refractivity (Wildman–Crippen MR) is 101 cm³/mol. The van der Waals surface area contributed by atoms with Crippen molar-refractivity contribution in [1.82, 2.24) is 4.90 Å². The minimum absolute atomic E-state index is 0.0973. The van der Waals surface area contributed by atoms with Gasteiger partial charge in [0, 0.05) is 11.5 Å². The third-order valence-corrected chi connectivity index (χ3v) is 3.57. The van der Waals surface area contributed by atoms with Gasteiger partial charge in [-0.3, -0.25) is 4.79 Å². The van der Waals surface area contributed by atoms with Gasteiger partial charge in [-0.25, -0.2) is 4.79 Å². The zero-order valence-corrected chi connectivity index (χ0v) is 16.7. The van der Waals surface area contributed by atoms with E-state index >= 15 is 0 Å². The monoisotopic (exact) mass is 394 g/mol. The number of rotatable bonds is 8. The Morgan fingerprint density at radius 3 is 2.32 bits per heavy atom. The predicted octanol–water partition coefficient (Wildman–Crippen LogP) is 2.65. The number of ether oxygens (including phenoxy) is 3. The third-order valence-electron chi connectivity index (χ3n) is 3.57. The summed E-state index contributed by atoms with van der Waals surface area (Å²) in [4.78, 5) is 28.1. The van der Waals surface area contributed by atoms with Crippen molar-refractivity contribution in [2.24, 2.45) is 5.11 Å². The lowest BCUT2D eigenvalue weighted by molar-refractivity contribution is -0.145. The Bertz CT molecular complexity index is 710. The molecule has 0 aliphatic rings. The first-order chi connectivity index (χ1) is 13.1. The van der Waals surface area contributed by atoms with E-state index in [1.807, 2.05) is 0 Å². The van der Waals surface area contributed by atoms with E-state index in [1.54, 1.807) is 52.1 Å². The molecule has 154 valence electrons. The first kappa shape index (κ1) is 23.1. The average molecular weight is 394 g/mol. The summed E-state index contributed by atoms with van der Waals surface area (Å²) in [5.41, 5.74) is 8.62. The maximum Gasteiger partial charge on any atom is 0.410 e. The van der Waals surface area contributed by atoms with E-state index in [1.165, 1.54) is 4.90 Å². The Hall–Kier alpha value is -2.97. The van der Waals surface area contributed by atoms with Gasteiger partial charge in [0.15, 0.2) is 6.04 Å². The highest BCUT2D eigenvalue weighted by Gasteiger charge is 2.31. The van der Waals surface area contributed by atoms with E-state index in [9.17, 15) is 14.7 Å². The fourth-order valence-electron chi connectivity index (χ4n) is 2.26. The quantitative estimate of drug-likeness (QED) is 0.312. The van der Waals surface area contributed by atoms with Gasteiger partial charge < -0.3 is 24.2 Å². The SMILES string of the molecule is COC(=O)[C@H](N=[N+]=[N-])[C@H](O)CN(Cc1ccc(OC)cc1)C(=O)OC(C)(C)C. The lowest BCUT2D eigenvalue weighted by Gasteiger charge is -2.30. The van der Waals surface area contributed by atoms with Crippen molar-refractivity contribution >= 4 is 12.1 Å². The van der Waals surface area contributed by atoms with Crippen LogP contribution in [0.4, 0.5) is 4.79 Å². The number of nitrogens with zero attached hydrogens (tertiary/aromatic N) is 4. The molecule has 0 saturated heterocycles. The van der Waals surface area contributed by atoms with Gasteiger partial charge in [-0.1, -0.05) is 17.2 Å². The zero-order chi connectivity index (χ0) is 21.3. The number of hydrogen-bond donors (Lipinski definition) is 1. The number of amides is 1. The van der Waals surface area contributed by atoms with Gasteiger partial charge in [0.1, 0.15) is 11.4 Å². The van der Waals surface area contributed by atoms with Gasteiger partial charge in [0.2, 0.25) is 0 Å². The smallest absolute Gasteiger partial charge is 0.410 e. The van der Waals surface area contributed by atoms with Crippen molar-refractivity contribution in [3.8, 4) is 5.75 Å². The second-order valence-corrected chi connectivity index (χ2v) is 6.95. The van der Waals surface area contributed by atoms with Crippen molar-refractivity contribution in [3.63, 3.8) is 0 Å². The second kappa shape index (κ2) is 10.4. The summed E-state index contributed by atoms with van der Waals surface area (Å²) in [5, 5.41) is 13.7. The fourth-order valence-corrected chi connectivity index (χ4v) is 2.26. The Morgan fingerprint density at radius 2 is 1.86 bits per heavy atom. The number of esters is 1. The van der Waals surface area contributed by atoms with Gasteiger partial charge >= 0.3 is 12.1 Å². The molecule has 0 saturated carbocycles. The first-order valence-electron chi connectivity index (χ1n) is 8.52. The van der Waals surface area contributed by atoms with E-state index < -0.39 is 29.8 Å². The van der Waals surface area contributed by atoms with Crippen LogP contribution in [-0.2, 0) is 20.8 Å². The minimum atomic E-state index is -1.49. The Kier molecular flexibility index (Phi) is 8.56. The molecule has 0 bridgehead atoms. The highest BCUT2D eigenvalue weighted by molar-refractivity contribution is 5.76. The molecule has 0 radical (unpaired) electrons. The lowest BCUT2D eigenvalue weighted by Crippen LogP contribution is -2.45. The maximum absolute atomic E-state index is 12.6. The molecule has 2 atom stereocenters. The summed E-state index contributed by atoms with van der Waals surface area (Å²) in [5.74, 6) is -0.249. The van der Waals surface area contributed by atoms with Crippen LogP contribution in [0.25, 0.3) is 10.4 Å². The standard InChI is InChI=1S/C18H26N4O6/c1-18(2,3)28-17(25)22(10-12-6-8-13(26-4)9-7-12)11-14(23)15(20-21-19)16(24)27-5/h6-9,14-15,23H,10-11H2,1-5H3/t14-,15-/m1/s1. The molecule has 0 spiro atoms. The number of carbonyl (C=O) groups excluding carboxylic acids is 2. The van der Waals surface area contributed by atoms with E-state index in [-0.39, 0.29) is 13.1 Å². The molecule has 1 aromatic rings. The molecule has 0 aliphatic heterocycles. The number of aliphatic hydroxyl groups excluding tert-OH is 1. The molecular formula is C18H26N4O6. The van der Waals surface area contributed by atoms with Crippen LogP contribution in [0, 0.1) is 0 Å². The van der Waals surface area contributed by atoms with Crippen LogP contribution in [0.2, 0.25) is 0 Å². The van der Waals surface area contributed by atoms with Crippen LogP contribution in [0.15, 0.2) is 29.4 Å². The first-order valence-corrected chi connectivity index (χ1v) is 8.52. The Labute approximate surface area is 163 Å². The van der Waals surface area contributed by atoms with E-state index in [0.29, 0.717) is 5.75 Å². The molecule has 0 heterocycles. The summed E-state index contributed by atoms with van der Waals surface area (Å²) in [7, 11) is 2.65. The van der Waals surface area contributed by atoms with Crippen molar-refractivity contribution in [3.05, 3.63) is 40.3 Å². The molecule has 10 heteroatoms. The molecule has 1 aromatic carbocycles. The number of aliphatic hydroxyl groups is 1. The molecule has 1 N–H and O–H groups in total. The molecular weight excluding hydrogens is 368 g/mol. The molecule has 1 amide bonds. The van der Waals surface area contributed by atoms with Gasteiger partial charge in [-0.15, -0.1) is 0 Å². The van der Waals surface area contributed by atoms with Crippen molar-refractivity contribution < 1.29 is 28.9 Å². The number of methoxy groups -OCH3 is 2. The van der Waals surface area contributed by atoms with Crippen LogP contribution in [-0.4, -0.2) is 60.6 Å². The van der Waals surface area contributed by atoms with Crippen molar-refractivity contribution in [2.45, 2.75) is 45.1 Å². The normalized spacial score (nSPS) is 12.9. The summed E-state index contributed by atoms with van der Waals surface area (Å²) in [6.45, 7) is 4.93. The van der Waals surface area contributed by atoms with Crippen molar-refractivity contribution in [1.29, 1.82) is 0 Å². The summed E-state index contributed by atoms with van der Waals surface area (Å²) >= 11 is 0. The summed E-state index contributed by atoms with van der Waals surface area (Å²) < 4.78 is 15.0. The minimum Gasteiger partial charge on any atom is -0.497 e. The van der Waals surface area contributed by atoms with E-state index in [0.717, 1.165) is 12.7 Å². The van der Waals surface area contributed by atoms with Gasteiger partial charge in [0.25, 0.3) is 0 Å². The Balaban J connectivity index is 3.05. The molecule has 1 rings (SSSR count). The summed E-state index contributed by atoms with van der Waals surface area (Å²) in [6, 6.07) is 5.49. The lowest BCUT2D eigenvalue weighted by atomic mass is 10.1. The molecule has 0 aliphatic carbocycles. The van der Waals surface area contributed by atoms with Gasteiger partial charge in [-0.2, -0.15) is 0 Å². The molecule has 0 unspecified atom stereocenters. The maximum atomic E-state index is 12.6. The van der Waals surface area contributed by atoms with Crippen molar-refractivity contribution in [2.75, 3.05) is 20.8 Å². The number of benzene rings is 1. The molecule has 0 fully saturated rings. The van der Waals surface area contributed by atoms with Gasteiger partial charge in [0.05, 0.1) is 26.9 Å². The highest BCUT2D eigenvalue weighted by atomic mass is 16.6. The molecule has 28 heavy (non-hydrogen) atoms. The molecule has 0 aromatic heterocycles. The molecule has 10 nitrogen and oxygen atoms in total. The number of carbonyl (C=O) groups is 2. The number of hydrogen-bond acceptors (Lipinski definition) is 7. The largest absolute Gasteiger partial charge is 0.497 e. The van der Waals surface area contributed by atoms with E-state index in [2.05, 4.69) is 14.8 Å². The Morgan fingerprint density at radius 1 is 1.25 bits per heavy atom. The van der Waals surface area contributed by atoms with Crippen LogP contribution in [0.3, 0.4) is 0 Å². The van der Waals surface area contributed by atoms with Crippen LogP contribution in [0.1, 0.15) is 26.3 Å². The van der Waals surface area contributed by atoms with Crippen LogP contribution >= 0.6 is 0 Å². The van der Waals surface area contributed by atoms with Crippen LogP contribution < -0.4 is 4.74 Å². The van der Waals surface area contributed by atoms with Gasteiger partial charge in [-0.05, 0) is 44.0 Å². The summed E-state index contributed by atoms with van der Waals surface area (Å²) in [6.07, 6.45) is -2.17. The van der Waals surface area contributed by atoms with Crippen LogP contribution in [0.5, 0.6) is 5.75 Å². The van der Waals surface area contributed by atoms with E-state index in [4.69, 9.17) is 15.0 Å². The topological polar surface area (TPSA) is 134 Å². The fraction of sp³-hybridized carbons (Fsp3) is 0.556. The zero-order valence-electron chi connectivity index (χ0n) is 16.7. The second-order valence-electron chi connectivity index (χ2n) is 6.95. The highest BCUT2D eigenvalue weighted by Crippen LogP contribution is 2.17. The average Bonchev–Trinajstić information content (AvgIpc) is 2.64.